The first-order chi connectivity index (χ1) is 15.6. The molecule has 1 atom stereocenters. The number of halogens is 2. The van der Waals surface area contributed by atoms with Gasteiger partial charge in [0, 0.05) is 26.3 Å². The Morgan fingerprint density at radius 2 is 1.73 bits per heavy atom. The number of benzene rings is 3. The summed E-state index contributed by atoms with van der Waals surface area (Å²) >= 11 is 7.10. The molecular formula is C25H25Br2O5P. The van der Waals surface area contributed by atoms with E-state index in [1.807, 2.05) is 38.7 Å². The fraction of sp³-hybridized carbons (Fsp3) is 0.240. The summed E-state index contributed by atoms with van der Waals surface area (Å²) in [4.78, 5) is 21.9. The van der Waals surface area contributed by atoms with Crippen LogP contribution in [0, 0.1) is 0 Å². The van der Waals surface area contributed by atoms with Crippen LogP contribution < -0.4 is 4.74 Å². The average molecular weight is 596 g/mol. The Hall–Kier alpha value is -1.92. The molecular weight excluding hydrogens is 571 g/mol. The highest BCUT2D eigenvalue weighted by molar-refractivity contribution is 9.11. The predicted octanol–water partition coefficient (Wildman–Crippen LogP) is 7.38. The Morgan fingerprint density at radius 1 is 1.03 bits per heavy atom. The number of phenols is 1. The van der Waals surface area contributed by atoms with E-state index >= 15 is 0 Å². The lowest BCUT2D eigenvalue weighted by Crippen LogP contribution is -2.11. The molecule has 1 unspecified atom stereocenters. The summed E-state index contributed by atoms with van der Waals surface area (Å²) in [6.45, 7) is 5.43. The summed E-state index contributed by atoms with van der Waals surface area (Å²) < 4.78 is 12.9. The van der Waals surface area contributed by atoms with Crippen LogP contribution in [0.25, 0.3) is 0 Å². The zero-order valence-corrected chi connectivity index (χ0v) is 22.6. The van der Waals surface area contributed by atoms with E-state index in [0.29, 0.717) is 35.2 Å². The Morgan fingerprint density at radius 3 is 2.36 bits per heavy atom. The minimum atomic E-state index is -1.04. The van der Waals surface area contributed by atoms with Crippen molar-refractivity contribution < 1.29 is 24.3 Å². The van der Waals surface area contributed by atoms with Gasteiger partial charge in [-0.25, -0.2) is 4.79 Å². The first kappa shape index (κ1) is 25.7. The Balaban J connectivity index is 1.82. The van der Waals surface area contributed by atoms with Crippen LogP contribution in [0.2, 0.25) is 0 Å². The molecule has 0 bridgehead atoms. The summed E-state index contributed by atoms with van der Waals surface area (Å²) in [5.41, 5.74) is 3.01. The monoisotopic (exact) mass is 594 g/mol. The van der Waals surface area contributed by atoms with Gasteiger partial charge in [-0.3, -0.25) is 0 Å². The maximum Gasteiger partial charge on any atom is 0.338 e. The normalized spacial score (nSPS) is 12.0. The molecule has 8 heteroatoms. The number of carbonyl (C=O) groups excluding carboxylic acids is 1. The van der Waals surface area contributed by atoms with Crippen LogP contribution in [-0.2, 0) is 17.3 Å². The third-order valence-corrected chi connectivity index (χ3v) is 6.64. The number of hydrogen-bond acceptors (Lipinski definition) is 5. The molecule has 0 saturated heterocycles. The van der Waals surface area contributed by atoms with E-state index in [-0.39, 0.29) is 17.8 Å². The van der Waals surface area contributed by atoms with Gasteiger partial charge in [0.15, 0.2) is 5.75 Å². The summed E-state index contributed by atoms with van der Waals surface area (Å²) in [5.74, 6) is 0.938. The van der Waals surface area contributed by atoms with E-state index in [1.54, 1.807) is 36.4 Å². The van der Waals surface area contributed by atoms with Crippen molar-refractivity contribution in [3.63, 3.8) is 0 Å². The number of hydrogen-bond donors (Lipinski definition) is 2. The molecule has 0 heterocycles. The SMILES string of the molecule is CC(C)OC(=O)c1cccc(Cc2cc(Oc3c(Br)cc(CP(C)O)cc3Br)ccc2O)c1. The van der Waals surface area contributed by atoms with Gasteiger partial charge in [-0.15, -0.1) is 0 Å². The topological polar surface area (TPSA) is 76.0 Å². The first-order valence-corrected chi connectivity index (χ1v) is 13.8. The molecule has 0 saturated carbocycles. The number of aromatic hydroxyl groups is 1. The second-order valence-corrected chi connectivity index (χ2v) is 11.3. The van der Waals surface area contributed by atoms with E-state index < -0.39 is 8.15 Å². The van der Waals surface area contributed by atoms with Crippen LogP contribution in [0.4, 0.5) is 0 Å². The van der Waals surface area contributed by atoms with Crippen LogP contribution >= 0.6 is 40.0 Å². The van der Waals surface area contributed by atoms with Crippen molar-refractivity contribution in [3.05, 3.63) is 85.8 Å². The van der Waals surface area contributed by atoms with Gasteiger partial charge in [0.2, 0.25) is 0 Å². The Kier molecular flexibility index (Phi) is 8.94. The Bertz CT molecular complexity index is 1120. The second-order valence-electron chi connectivity index (χ2n) is 7.93. The van der Waals surface area contributed by atoms with E-state index in [0.717, 1.165) is 20.1 Å². The van der Waals surface area contributed by atoms with Crippen molar-refractivity contribution in [2.24, 2.45) is 0 Å². The van der Waals surface area contributed by atoms with Crippen molar-refractivity contribution >= 4 is 46.0 Å². The summed E-state index contributed by atoms with van der Waals surface area (Å²) in [5, 5.41) is 10.4. The molecule has 2 N–H and O–H groups in total. The largest absolute Gasteiger partial charge is 0.508 e. The fourth-order valence-electron chi connectivity index (χ4n) is 3.26. The number of carbonyl (C=O) groups is 1. The van der Waals surface area contributed by atoms with Gasteiger partial charge < -0.3 is 19.5 Å². The number of ether oxygens (including phenoxy) is 2. The molecule has 3 aromatic carbocycles. The second kappa shape index (κ2) is 11.5. The van der Waals surface area contributed by atoms with E-state index in [2.05, 4.69) is 31.9 Å². The maximum atomic E-state index is 12.2. The molecule has 0 fully saturated rings. The summed E-state index contributed by atoms with van der Waals surface area (Å²) in [6.07, 6.45) is 0.823. The first-order valence-electron chi connectivity index (χ1n) is 10.3. The highest BCUT2D eigenvalue weighted by Crippen LogP contribution is 2.41. The molecule has 0 aromatic heterocycles. The molecule has 174 valence electrons. The number of esters is 1. The van der Waals surface area contributed by atoms with Crippen LogP contribution in [0.15, 0.2) is 63.5 Å². The molecule has 0 radical (unpaired) electrons. The van der Waals surface area contributed by atoms with Gasteiger partial charge >= 0.3 is 5.97 Å². The van der Waals surface area contributed by atoms with Gasteiger partial charge in [-0.05, 0) is 106 Å². The van der Waals surface area contributed by atoms with Crippen LogP contribution in [0.1, 0.15) is 40.9 Å². The maximum absolute atomic E-state index is 12.2. The third-order valence-electron chi connectivity index (χ3n) is 4.64. The van der Waals surface area contributed by atoms with Crippen molar-refractivity contribution in [1.82, 2.24) is 0 Å². The van der Waals surface area contributed by atoms with Gasteiger partial charge in [0.05, 0.1) is 20.6 Å². The molecule has 3 rings (SSSR count). The van der Waals surface area contributed by atoms with Crippen molar-refractivity contribution in [2.75, 3.05) is 6.66 Å². The number of phenolic OH excluding ortho intramolecular Hbond substituents is 1. The van der Waals surface area contributed by atoms with Crippen LogP contribution in [0.5, 0.6) is 17.2 Å². The van der Waals surface area contributed by atoms with Crippen LogP contribution in [-0.4, -0.2) is 28.7 Å². The van der Waals surface area contributed by atoms with Gasteiger partial charge in [-0.2, -0.15) is 0 Å². The molecule has 0 aliphatic heterocycles. The number of rotatable bonds is 8. The quantitative estimate of drug-likeness (QED) is 0.210. The van der Waals surface area contributed by atoms with Crippen molar-refractivity contribution in [3.8, 4) is 17.2 Å². The molecule has 5 nitrogen and oxygen atoms in total. The van der Waals surface area contributed by atoms with Crippen LogP contribution in [0.3, 0.4) is 0 Å². The smallest absolute Gasteiger partial charge is 0.338 e. The third kappa shape index (κ3) is 7.28. The zero-order valence-electron chi connectivity index (χ0n) is 18.5. The van der Waals surface area contributed by atoms with E-state index in [9.17, 15) is 14.8 Å². The highest BCUT2D eigenvalue weighted by Gasteiger charge is 2.14. The molecule has 33 heavy (non-hydrogen) atoms. The van der Waals surface area contributed by atoms with E-state index in [1.165, 1.54) is 0 Å². The fourth-order valence-corrected chi connectivity index (χ4v) is 5.41. The predicted molar refractivity (Wildman–Crippen MR) is 139 cm³/mol. The molecule has 0 spiro atoms. The lowest BCUT2D eigenvalue weighted by atomic mass is 10.0. The molecule has 0 aliphatic carbocycles. The molecule has 0 aliphatic rings. The highest BCUT2D eigenvalue weighted by atomic mass is 79.9. The minimum absolute atomic E-state index is 0.144. The minimum Gasteiger partial charge on any atom is -0.508 e. The van der Waals surface area contributed by atoms with Gasteiger partial charge in [0.25, 0.3) is 0 Å². The lowest BCUT2D eigenvalue weighted by molar-refractivity contribution is 0.0377. The molecule has 3 aromatic rings. The van der Waals surface area contributed by atoms with Crippen molar-refractivity contribution in [1.29, 1.82) is 0 Å². The van der Waals surface area contributed by atoms with E-state index in [4.69, 9.17) is 9.47 Å². The average Bonchev–Trinajstić information content (AvgIpc) is 2.72. The molecule has 0 amide bonds. The zero-order chi connectivity index (χ0) is 24.1. The summed E-state index contributed by atoms with van der Waals surface area (Å²) in [7, 11) is -1.04. The van der Waals surface area contributed by atoms with Gasteiger partial charge in [0.1, 0.15) is 11.5 Å². The summed E-state index contributed by atoms with van der Waals surface area (Å²) in [6, 6.07) is 16.1. The van der Waals surface area contributed by atoms with Crippen molar-refractivity contribution in [2.45, 2.75) is 32.5 Å². The Labute approximate surface area is 211 Å². The lowest BCUT2D eigenvalue weighted by Gasteiger charge is -2.14. The van der Waals surface area contributed by atoms with Gasteiger partial charge in [-0.1, -0.05) is 12.1 Å². The standard InChI is InChI=1S/C25H25Br2O5P/c1-15(2)31-25(29)18-6-4-5-16(9-18)10-19-13-20(7-8-23(19)28)32-24-21(26)11-17(12-22(24)27)14-33(3)30/h4-9,11-13,15,28,30H,10,14H2,1-3H3.